The van der Waals surface area contributed by atoms with E-state index in [1.165, 1.54) is 26.0 Å². The van der Waals surface area contributed by atoms with E-state index in [4.69, 9.17) is 9.47 Å². The maximum atomic E-state index is 17.6. The number of alkyl halides is 4. The SMILES string of the molecule is CCCC(=O)OCC(=O)[C@@]1(O)CC[C@H]2[C@@H]3CCC4=CC(=O)C=C[C@]4(C)[C@@]3(F)[C@@H](OC(=O)C(F)(F)F)C[C@@]21C. The number of ketones is 2. The van der Waals surface area contributed by atoms with E-state index >= 15 is 4.39 Å². The first-order chi connectivity index (χ1) is 17.5. The normalized spacial score (nSPS) is 39.9. The monoisotopic (exact) mass is 544 g/mol. The van der Waals surface area contributed by atoms with E-state index in [1.54, 1.807) is 6.92 Å². The summed E-state index contributed by atoms with van der Waals surface area (Å²) in [5.74, 6) is -6.05. The molecule has 0 bridgehead atoms. The van der Waals surface area contributed by atoms with Gasteiger partial charge >= 0.3 is 18.1 Å². The largest absolute Gasteiger partial charge is 0.490 e. The number of ether oxygens (including phenoxy) is 2. The van der Waals surface area contributed by atoms with E-state index in [2.05, 4.69) is 0 Å². The zero-order valence-corrected chi connectivity index (χ0v) is 21.5. The Balaban J connectivity index is 1.76. The van der Waals surface area contributed by atoms with Gasteiger partial charge in [-0.25, -0.2) is 9.18 Å². The number of aliphatic hydroxyl groups is 1. The summed E-state index contributed by atoms with van der Waals surface area (Å²) in [5.41, 5.74) is -7.29. The second-order valence-corrected chi connectivity index (χ2v) is 11.4. The maximum absolute atomic E-state index is 17.6. The van der Waals surface area contributed by atoms with E-state index < -0.39 is 77.0 Å². The number of allylic oxidation sites excluding steroid dienone is 4. The van der Waals surface area contributed by atoms with Gasteiger partial charge in [0.25, 0.3) is 0 Å². The van der Waals surface area contributed by atoms with Gasteiger partial charge in [-0.05, 0) is 63.5 Å². The van der Waals surface area contributed by atoms with Crippen LogP contribution >= 0.6 is 0 Å². The summed E-state index contributed by atoms with van der Waals surface area (Å²) in [6, 6.07) is 0. The van der Waals surface area contributed by atoms with Gasteiger partial charge in [-0.15, -0.1) is 0 Å². The Morgan fingerprint density at radius 3 is 2.47 bits per heavy atom. The summed E-state index contributed by atoms with van der Waals surface area (Å²) in [6.07, 6.45) is -3.16. The van der Waals surface area contributed by atoms with Gasteiger partial charge < -0.3 is 14.6 Å². The molecule has 210 valence electrons. The molecule has 3 fully saturated rings. The van der Waals surface area contributed by atoms with Crippen molar-refractivity contribution in [1.29, 1.82) is 0 Å². The molecule has 0 radical (unpaired) electrons. The second kappa shape index (κ2) is 9.27. The lowest BCUT2D eigenvalue weighted by Crippen LogP contribution is -2.70. The predicted octanol–water partition coefficient (Wildman–Crippen LogP) is 4.11. The highest BCUT2D eigenvalue weighted by Crippen LogP contribution is 2.70. The Labute approximate surface area is 217 Å². The topological polar surface area (TPSA) is 107 Å². The molecule has 0 aromatic heterocycles. The van der Waals surface area contributed by atoms with Crippen molar-refractivity contribution < 1.29 is 51.3 Å². The highest BCUT2D eigenvalue weighted by Gasteiger charge is 2.75. The van der Waals surface area contributed by atoms with E-state index in [0.717, 1.165) is 6.08 Å². The van der Waals surface area contributed by atoms with Crippen LogP contribution in [0.1, 0.15) is 65.7 Å². The van der Waals surface area contributed by atoms with Gasteiger partial charge in [0.2, 0.25) is 5.78 Å². The summed E-state index contributed by atoms with van der Waals surface area (Å²) in [6.45, 7) is 3.99. The maximum Gasteiger partial charge on any atom is 0.490 e. The number of Topliss-reactive ketones (excluding diaryl/α,β-unsaturated/α-hetero) is 1. The van der Waals surface area contributed by atoms with Crippen molar-refractivity contribution in [2.75, 3.05) is 6.61 Å². The molecule has 4 aliphatic rings. The lowest BCUT2D eigenvalue weighted by molar-refractivity contribution is -0.248. The van der Waals surface area contributed by atoms with E-state index in [1.807, 2.05) is 0 Å². The summed E-state index contributed by atoms with van der Waals surface area (Å²) in [5, 5.41) is 11.7. The minimum absolute atomic E-state index is 0.0674. The average Bonchev–Trinajstić information content (AvgIpc) is 3.10. The van der Waals surface area contributed by atoms with Crippen LogP contribution < -0.4 is 0 Å². The molecule has 3 saturated carbocycles. The first-order valence-corrected chi connectivity index (χ1v) is 12.9. The number of hydrogen-bond donors (Lipinski definition) is 1. The summed E-state index contributed by atoms with van der Waals surface area (Å²) >= 11 is 0. The van der Waals surface area contributed by atoms with Gasteiger partial charge in [0.05, 0.1) is 0 Å². The van der Waals surface area contributed by atoms with Crippen LogP contribution in [0, 0.1) is 22.7 Å². The summed E-state index contributed by atoms with van der Waals surface area (Å²) in [4.78, 5) is 49.1. The fourth-order valence-corrected chi connectivity index (χ4v) is 7.50. The Morgan fingerprint density at radius 2 is 1.84 bits per heavy atom. The molecule has 0 spiro atoms. The molecule has 4 aliphatic carbocycles. The Kier molecular flexibility index (Phi) is 6.94. The molecule has 7 nitrogen and oxygen atoms in total. The van der Waals surface area contributed by atoms with Crippen molar-refractivity contribution in [2.45, 2.75) is 89.3 Å². The van der Waals surface area contributed by atoms with Crippen LogP contribution in [-0.4, -0.2) is 58.8 Å². The zero-order valence-electron chi connectivity index (χ0n) is 21.5. The highest BCUT2D eigenvalue weighted by atomic mass is 19.4. The lowest BCUT2D eigenvalue weighted by atomic mass is 9.44. The van der Waals surface area contributed by atoms with Gasteiger partial charge in [-0.3, -0.25) is 14.4 Å². The quantitative estimate of drug-likeness (QED) is 0.396. The van der Waals surface area contributed by atoms with Gasteiger partial charge in [-0.1, -0.05) is 25.5 Å². The highest BCUT2D eigenvalue weighted by molar-refractivity contribution is 6.01. The van der Waals surface area contributed by atoms with Crippen LogP contribution in [0.15, 0.2) is 23.8 Å². The lowest BCUT2D eigenvalue weighted by Gasteiger charge is -2.63. The Bertz CT molecular complexity index is 1110. The molecule has 38 heavy (non-hydrogen) atoms. The van der Waals surface area contributed by atoms with Crippen LogP contribution in [0.5, 0.6) is 0 Å². The van der Waals surface area contributed by atoms with Gasteiger partial charge in [0.1, 0.15) is 11.7 Å². The number of esters is 2. The molecular weight excluding hydrogens is 512 g/mol. The van der Waals surface area contributed by atoms with Crippen molar-refractivity contribution in [3.8, 4) is 0 Å². The number of carbonyl (C=O) groups excluding carboxylic acids is 4. The molecule has 0 heterocycles. The molecule has 0 aromatic rings. The smallest absolute Gasteiger partial charge is 0.458 e. The third-order valence-corrected chi connectivity index (χ3v) is 9.53. The minimum Gasteiger partial charge on any atom is -0.458 e. The summed E-state index contributed by atoms with van der Waals surface area (Å²) in [7, 11) is 0. The molecule has 4 rings (SSSR count). The van der Waals surface area contributed by atoms with Crippen LogP contribution in [0.4, 0.5) is 17.6 Å². The van der Waals surface area contributed by atoms with Crippen LogP contribution in [0.3, 0.4) is 0 Å². The van der Waals surface area contributed by atoms with E-state index in [0.29, 0.717) is 12.0 Å². The summed E-state index contributed by atoms with van der Waals surface area (Å²) < 4.78 is 67.3. The molecule has 0 aromatic carbocycles. The number of hydrogen-bond acceptors (Lipinski definition) is 7. The molecule has 1 N–H and O–H groups in total. The molecule has 11 heteroatoms. The van der Waals surface area contributed by atoms with Crippen LogP contribution in [-0.2, 0) is 28.7 Å². The fourth-order valence-electron chi connectivity index (χ4n) is 7.50. The van der Waals surface area contributed by atoms with Crippen molar-refractivity contribution in [2.24, 2.45) is 22.7 Å². The van der Waals surface area contributed by atoms with Gasteiger partial charge in [0, 0.05) is 23.2 Å². The third kappa shape index (κ3) is 4.03. The average molecular weight is 545 g/mol. The number of rotatable bonds is 6. The predicted molar refractivity (Wildman–Crippen MR) is 124 cm³/mol. The molecule has 0 amide bonds. The van der Waals surface area contributed by atoms with Crippen molar-refractivity contribution in [3.05, 3.63) is 23.8 Å². The second-order valence-electron chi connectivity index (χ2n) is 11.4. The van der Waals surface area contributed by atoms with Crippen molar-refractivity contribution in [3.63, 3.8) is 0 Å². The number of halogens is 4. The van der Waals surface area contributed by atoms with Crippen molar-refractivity contribution in [1.82, 2.24) is 0 Å². The Morgan fingerprint density at radius 1 is 1.16 bits per heavy atom. The minimum atomic E-state index is -5.40. The molecule has 0 saturated heterocycles. The molecule has 0 aliphatic heterocycles. The fraction of sp³-hybridized carbons (Fsp3) is 0.704. The zero-order chi connectivity index (χ0) is 28.3. The van der Waals surface area contributed by atoms with E-state index in [9.17, 15) is 37.5 Å². The molecule has 0 unspecified atom stereocenters. The first kappa shape index (κ1) is 28.4. The van der Waals surface area contributed by atoms with Gasteiger partial charge in [0.15, 0.2) is 18.1 Å². The number of fused-ring (bicyclic) bond motifs is 5. The third-order valence-electron chi connectivity index (χ3n) is 9.53. The van der Waals surface area contributed by atoms with E-state index in [-0.39, 0.29) is 37.9 Å². The van der Waals surface area contributed by atoms with Crippen LogP contribution in [0.2, 0.25) is 0 Å². The first-order valence-electron chi connectivity index (χ1n) is 12.9. The molecular formula is C27H32F4O7. The van der Waals surface area contributed by atoms with Gasteiger partial charge in [-0.2, -0.15) is 13.2 Å². The molecule has 7 atom stereocenters. The Hall–Kier alpha value is -2.56. The van der Waals surface area contributed by atoms with Crippen molar-refractivity contribution >= 4 is 23.5 Å². The van der Waals surface area contributed by atoms with Crippen LogP contribution in [0.25, 0.3) is 0 Å². The number of carbonyl (C=O) groups is 4. The standard InChI is InChI=1S/C27H32F4O7/c1-4-5-21(34)37-14-19(33)25(36)11-9-17-18-7-6-15-12-16(32)8-10-23(15,2)26(18,28)20(13-24(17,25)3)38-22(35)27(29,30)31/h8,10,12,17-18,20,36H,4-7,9,11,13-14H2,1-3H3/t17-,18-,20-,23-,24-,25-,26-/m0/s1.